The monoisotopic (exact) mass is 529 g/mol. The van der Waals surface area contributed by atoms with Gasteiger partial charge in [0.2, 0.25) is 0 Å². The minimum absolute atomic E-state index is 0.243. The molecule has 3 aromatic carbocycles. The van der Waals surface area contributed by atoms with Gasteiger partial charge >= 0.3 is 0 Å². The van der Waals surface area contributed by atoms with Crippen molar-refractivity contribution in [1.82, 2.24) is 4.98 Å². The molecule has 0 unspecified atom stereocenters. The van der Waals surface area contributed by atoms with Gasteiger partial charge in [0.15, 0.2) is 5.13 Å². The van der Waals surface area contributed by atoms with E-state index in [-0.39, 0.29) is 5.82 Å². The Bertz CT molecular complexity index is 1290. The maximum Gasteiger partial charge on any atom is 0.195 e. The summed E-state index contributed by atoms with van der Waals surface area (Å²) in [6.45, 7) is 2.94. The van der Waals surface area contributed by atoms with Crippen molar-refractivity contribution in [1.29, 1.82) is 0 Å². The molecule has 5 nitrogen and oxygen atoms in total. The van der Waals surface area contributed by atoms with Gasteiger partial charge in [-0.1, -0.05) is 29.8 Å². The number of hydrogen-bond donors (Lipinski definition) is 1. The lowest BCUT2D eigenvalue weighted by Gasteiger charge is -2.23. The fourth-order valence-corrected chi connectivity index (χ4v) is 5.49. The Morgan fingerprint density at radius 2 is 1.91 bits per heavy atom. The van der Waals surface area contributed by atoms with Crippen molar-refractivity contribution in [3.05, 3.63) is 93.7 Å². The van der Waals surface area contributed by atoms with Crippen LogP contribution in [0.5, 0.6) is 11.5 Å². The molecule has 0 aliphatic rings. The SMILES string of the molecule is COc1ccc(CN(Sc2cc(Cl)c(NCc3ccccc3F)cc2C)c2nccs2)c(OC)c1. The molecule has 0 saturated carbocycles. The van der Waals surface area contributed by atoms with Crippen LogP contribution in [0.3, 0.4) is 0 Å². The standard InChI is InChI=1S/C26H25ClFN3O2S2/c1-17-12-23(30-15-18-6-4-5-7-22(18)28)21(27)14-25(17)35-31(26-29-10-11-34-26)16-19-8-9-20(32-2)13-24(19)33-3/h4-14,30H,15-16H2,1-3H3. The summed E-state index contributed by atoms with van der Waals surface area (Å²) in [5.41, 5.74) is 3.39. The zero-order chi connectivity index (χ0) is 24.8. The van der Waals surface area contributed by atoms with Gasteiger partial charge in [-0.05, 0) is 54.8 Å². The van der Waals surface area contributed by atoms with E-state index >= 15 is 0 Å². The zero-order valence-electron chi connectivity index (χ0n) is 19.5. The molecule has 0 fully saturated rings. The smallest absolute Gasteiger partial charge is 0.195 e. The van der Waals surface area contributed by atoms with Crippen LogP contribution in [0.25, 0.3) is 0 Å². The molecule has 0 aliphatic carbocycles. The number of aryl methyl sites for hydroxylation is 1. The molecule has 1 N–H and O–H groups in total. The number of ether oxygens (including phenoxy) is 2. The predicted octanol–water partition coefficient (Wildman–Crippen LogP) is 7.59. The lowest BCUT2D eigenvalue weighted by Crippen LogP contribution is -2.14. The van der Waals surface area contributed by atoms with Crippen molar-refractivity contribution < 1.29 is 13.9 Å². The van der Waals surface area contributed by atoms with E-state index < -0.39 is 0 Å². The summed E-state index contributed by atoms with van der Waals surface area (Å²) >= 11 is 9.74. The first-order valence-corrected chi connectivity index (χ1v) is 12.8. The second-order valence-corrected chi connectivity index (χ2v) is 10.0. The van der Waals surface area contributed by atoms with Crippen LogP contribution < -0.4 is 19.1 Å². The lowest BCUT2D eigenvalue weighted by atomic mass is 10.2. The Labute approximate surface area is 218 Å². The Kier molecular flexibility index (Phi) is 8.38. The number of hydrogen-bond acceptors (Lipinski definition) is 7. The van der Waals surface area contributed by atoms with Gasteiger partial charge in [-0.25, -0.2) is 9.37 Å². The number of benzene rings is 3. The number of rotatable bonds is 10. The fraction of sp³-hybridized carbons (Fsp3) is 0.192. The molecule has 0 saturated heterocycles. The summed E-state index contributed by atoms with van der Waals surface area (Å²) < 4.78 is 27.0. The third-order valence-corrected chi connectivity index (χ3v) is 7.72. The van der Waals surface area contributed by atoms with E-state index in [1.807, 2.05) is 48.7 Å². The average molecular weight is 530 g/mol. The molecule has 0 bridgehead atoms. The first kappa shape index (κ1) is 25.2. The summed E-state index contributed by atoms with van der Waals surface area (Å²) in [5.74, 6) is 1.24. The maximum atomic E-state index is 14.0. The number of thiazole rings is 1. The van der Waals surface area contributed by atoms with Crippen molar-refractivity contribution in [2.75, 3.05) is 23.8 Å². The second kappa shape index (κ2) is 11.7. The van der Waals surface area contributed by atoms with Crippen molar-refractivity contribution in [3.63, 3.8) is 0 Å². The number of nitrogens with one attached hydrogen (secondary N) is 1. The molecule has 0 aliphatic heterocycles. The number of halogens is 2. The Balaban J connectivity index is 1.56. The van der Waals surface area contributed by atoms with Crippen molar-refractivity contribution in [3.8, 4) is 11.5 Å². The molecule has 9 heteroatoms. The normalized spacial score (nSPS) is 10.8. The molecule has 1 heterocycles. The lowest BCUT2D eigenvalue weighted by molar-refractivity contribution is 0.391. The summed E-state index contributed by atoms with van der Waals surface area (Å²) in [7, 11) is 3.28. The minimum Gasteiger partial charge on any atom is -0.497 e. The van der Waals surface area contributed by atoms with Crippen LogP contribution in [0.1, 0.15) is 16.7 Å². The van der Waals surface area contributed by atoms with Crippen LogP contribution in [0.4, 0.5) is 15.2 Å². The zero-order valence-corrected chi connectivity index (χ0v) is 21.9. The van der Waals surface area contributed by atoms with Gasteiger partial charge < -0.3 is 14.8 Å². The van der Waals surface area contributed by atoms with Crippen LogP contribution in [0, 0.1) is 12.7 Å². The van der Waals surface area contributed by atoms with Gasteiger partial charge in [0.1, 0.15) is 17.3 Å². The summed E-state index contributed by atoms with van der Waals surface area (Å²) in [4.78, 5) is 5.51. The van der Waals surface area contributed by atoms with E-state index in [1.54, 1.807) is 55.8 Å². The van der Waals surface area contributed by atoms with Gasteiger partial charge in [-0.2, -0.15) is 0 Å². The van der Waals surface area contributed by atoms with E-state index in [2.05, 4.69) is 14.6 Å². The van der Waals surface area contributed by atoms with Crippen LogP contribution >= 0.6 is 34.9 Å². The van der Waals surface area contributed by atoms with Crippen molar-refractivity contribution in [2.45, 2.75) is 24.9 Å². The molecule has 0 radical (unpaired) electrons. The summed E-state index contributed by atoms with van der Waals surface area (Å²) in [5, 5.41) is 6.63. The molecule has 35 heavy (non-hydrogen) atoms. The van der Waals surface area contributed by atoms with E-state index in [0.29, 0.717) is 23.7 Å². The third-order valence-electron chi connectivity index (χ3n) is 5.34. The molecule has 182 valence electrons. The van der Waals surface area contributed by atoms with Crippen LogP contribution in [0.2, 0.25) is 5.02 Å². The van der Waals surface area contributed by atoms with Gasteiger partial charge in [0, 0.05) is 40.2 Å². The molecular weight excluding hydrogens is 505 g/mol. The maximum absolute atomic E-state index is 14.0. The first-order chi connectivity index (χ1) is 17.0. The highest BCUT2D eigenvalue weighted by Gasteiger charge is 2.18. The molecular formula is C26H25ClFN3O2S2. The van der Waals surface area contributed by atoms with E-state index in [0.717, 1.165) is 38.3 Å². The highest BCUT2D eigenvalue weighted by molar-refractivity contribution is 8.00. The van der Waals surface area contributed by atoms with E-state index in [4.69, 9.17) is 21.1 Å². The second-order valence-electron chi connectivity index (χ2n) is 7.66. The molecule has 4 aromatic rings. The summed E-state index contributed by atoms with van der Waals surface area (Å²) in [6, 6.07) is 16.4. The van der Waals surface area contributed by atoms with Crippen LogP contribution in [-0.2, 0) is 13.1 Å². The van der Waals surface area contributed by atoms with Crippen LogP contribution in [0.15, 0.2) is 71.1 Å². The highest BCUT2D eigenvalue weighted by atomic mass is 35.5. The van der Waals surface area contributed by atoms with E-state index in [9.17, 15) is 4.39 Å². The quantitative estimate of drug-likeness (QED) is 0.213. The molecule has 0 amide bonds. The summed E-state index contributed by atoms with van der Waals surface area (Å²) in [6.07, 6.45) is 1.79. The Hall–Kier alpha value is -2.94. The first-order valence-electron chi connectivity index (χ1n) is 10.8. The Morgan fingerprint density at radius 1 is 1.09 bits per heavy atom. The minimum atomic E-state index is -0.243. The highest BCUT2D eigenvalue weighted by Crippen LogP contribution is 2.38. The number of nitrogens with zero attached hydrogens (tertiary/aromatic N) is 2. The van der Waals surface area contributed by atoms with E-state index in [1.165, 1.54) is 6.07 Å². The predicted molar refractivity (Wildman–Crippen MR) is 144 cm³/mol. The van der Waals surface area contributed by atoms with Gasteiger partial charge in [-0.15, -0.1) is 11.3 Å². The van der Waals surface area contributed by atoms with Crippen molar-refractivity contribution in [2.24, 2.45) is 0 Å². The average Bonchev–Trinajstić information content (AvgIpc) is 3.40. The van der Waals surface area contributed by atoms with Crippen molar-refractivity contribution >= 4 is 45.7 Å². The molecule has 0 spiro atoms. The largest absolute Gasteiger partial charge is 0.497 e. The van der Waals surface area contributed by atoms with Gasteiger partial charge in [-0.3, -0.25) is 4.31 Å². The molecule has 4 rings (SSSR count). The topological polar surface area (TPSA) is 46.6 Å². The van der Waals surface area contributed by atoms with Gasteiger partial charge in [0.05, 0.1) is 31.5 Å². The molecule has 0 atom stereocenters. The molecule has 1 aromatic heterocycles. The Morgan fingerprint density at radius 3 is 2.63 bits per heavy atom. The third kappa shape index (κ3) is 6.20. The van der Waals surface area contributed by atoms with Gasteiger partial charge in [0.25, 0.3) is 0 Å². The number of aromatic nitrogens is 1. The van der Waals surface area contributed by atoms with Crippen LogP contribution in [-0.4, -0.2) is 19.2 Å². The fourth-order valence-electron chi connectivity index (χ4n) is 3.46. The number of anilines is 2. The number of methoxy groups -OCH3 is 2.